The number of hydrogen-bond donors (Lipinski definition) is 1. The molecule has 0 saturated heterocycles. The van der Waals surface area contributed by atoms with Crippen molar-refractivity contribution in [1.29, 1.82) is 0 Å². The molecule has 5 heteroatoms. The summed E-state index contributed by atoms with van der Waals surface area (Å²) in [6.45, 7) is 2.77. The largest absolute Gasteiger partial charge is 0.494 e. The van der Waals surface area contributed by atoms with Gasteiger partial charge in [-0.2, -0.15) is 0 Å². The molecule has 112 valence electrons. The van der Waals surface area contributed by atoms with E-state index in [1.54, 1.807) is 30.5 Å². The molecular formula is C16H18ClFN2O. The molecule has 0 fully saturated rings. The highest BCUT2D eigenvalue weighted by Gasteiger charge is 2.16. The van der Waals surface area contributed by atoms with Crippen molar-refractivity contribution in [2.75, 3.05) is 13.7 Å². The first kappa shape index (κ1) is 15.7. The molecule has 0 spiro atoms. The van der Waals surface area contributed by atoms with Gasteiger partial charge in [-0.25, -0.2) is 4.39 Å². The number of ether oxygens (including phenoxy) is 1. The maximum atomic E-state index is 14.3. The number of rotatable bonds is 6. The van der Waals surface area contributed by atoms with E-state index in [1.165, 1.54) is 7.11 Å². The van der Waals surface area contributed by atoms with Gasteiger partial charge in [0.05, 0.1) is 23.9 Å². The smallest absolute Gasteiger partial charge is 0.168 e. The monoisotopic (exact) mass is 308 g/mol. The second-order valence-corrected chi connectivity index (χ2v) is 5.09. The van der Waals surface area contributed by atoms with Crippen LogP contribution in [0.4, 0.5) is 4.39 Å². The third-order valence-electron chi connectivity index (χ3n) is 3.25. The zero-order valence-electron chi connectivity index (χ0n) is 12.1. The van der Waals surface area contributed by atoms with Crippen LogP contribution in [0.2, 0.25) is 5.02 Å². The van der Waals surface area contributed by atoms with Crippen molar-refractivity contribution in [3.8, 4) is 5.75 Å². The van der Waals surface area contributed by atoms with Crippen LogP contribution in [-0.2, 0) is 6.42 Å². The van der Waals surface area contributed by atoms with E-state index in [0.29, 0.717) is 17.0 Å². The lowest BCUT2D eigenvalue weighted by Gasteiger charge is -2.18. The summed E-state index contributed by atoms with van der Waals surface area (Å²) < 4.78 is 19.3. The Morgan fingerprint density at radius 1 is 1.33 bits per heavy atom. The molecule has 0 amide bonds. The van der Waals surface area contributed by atoms with Gasteiger partial charge >= 0.3 is 0 Å². The van der Waals surface area contributed by atoms with Crippen molar-refractivity contribution in [2.24, 2.45) is 0 Å². The van der Waals surface area contributed by atoms with Crippen LogP contribution in [0.1, 0.15) is 24.2 Å². The number of likely N-dealkylation sites (N-methyl/N-ethyl adjacent to an activating group) is 1. The molecule has 0 aliphatic heterocycles. The topological polar surface area (TPSA) is 34.1 Å². The Hall–Kier alpha value is -1.65. The summed E-state index contributed by atoms with van der Waals surface area (Å²) in [6, 6.07) is 8.73. The number of aromatic nitrogens is 1. The lowest BCUT2D eigenvalue weighted by atomic mass is 10.0. The number of methoxy groups -OCH3 is 1. The second kappa shape index (κ2) is 7.38. The van der Waals surface area contributed by atoms with Gasteiger partial charge in [-0.15, -0.1) is 0 Å². The summed E-state index contributed by atoms with van der Waals surface area (Å²) >= 11 is 5.86. The summed E-state index contributed by atoms with van der Waals surface area (Å²) in [7, 11) is 1.46. The summed E-state index contributed by atoms with van der Waals surface area (Å²) in [5, 5.41) is 3.90. The highest BCUT2D eigenvalue weighted by molar-refractivity contribution is 6.30. The third-order valence-corrected chi connectivity index (χ3v) is 3.47. The first-order valence-electron chi connectivity index (χ1n) is 6.82. The van der Waals surface area contributed by atoms with E-state index >= 15 is 0 Å². The zero-order valence-corrected chi connectivity index (χ0v) is 12.8. The van der Waals surface area contributed by atoms with Crippen LogP contribution in [0, 0.1) is 5.82 Å². The number of nitrogens with one attached hydrogen (secondary N) is 1. The first-order valence-corrected chi connectivity index (χ1v) is 7.19. The van der Waals surface area contributed by atoms with Crippen molar-refractivity contribution < 1.29 is 9.13 Å². The molecule has 0 aliphatic carbocycles. The van der Waals surface area contributed by atoms with Crippen LogP contribution in [0.5, 0.6) is 5.75 Å². The Kier molecular flexibility index (Phi) is 5.53. The summed E-state index contributed by atoms with van der Waals surface area (Å²) in [5.74, 6) is -0.0660. The molecule has 0 saturated carbocycles. The van der Waals surface area contributed by atoms with Crippen molar-refractivity contribution in [3.05, 3.63) is 58.6 Å². The number of halogens is 2. The van der Waals surface area contributed by atoms with E-state index in [-0.39, 0.29) is 17.6 Å². The van der Waals surface area contributed by atoms with E-state index in [0.717, 1.165) is 12.2 Å². The van der Waals surface area contributed by atoms with Crippen molar-refractivity contribution in [2.45, 2.75) is 19.4 Å². The maximum Gasteiger partial charge on any atom is 0.168 e. The minimum absolute atomic E-state index is 0.0751. The number of pyridine rings is 1. The SMILES string of the molecule is CCNC(Cc1cccc(OC)c1F)c1ccc(Cl)cn1. The van der Waals surface area contributed by atoms with E-state index in [4.69, 9.17) is 16.3 Å². The van der Waals surface area contributed by atoms with Gasteiger partial charge in [0.1, 0.15) is 0 Å². The quantitative estimate of drug-likeness (QED) is 0.882. The van der Waals surface area contributed by atoms with E-state index in [9.17, 15) is 4.39 Å². The molecule has 1 heterocycles. The first-order chi connectivity index (χ1) is 10.2. The molecule has 0 bridgehead atoms. The van der Waals surface area contributed by atoms with Gasteiger partial charge < -0.3 is 10.1 Å². The Labute approximate surface area is 129 Å². The highest BCUT2D eigenvalue weighted by atomic mass is 35.5. The molecule has 0 radical (unpaired) electrons. The maximum absolute atomic E-state index is 14.3. The minimum atomic E-state index is -0.322. The molecule has 1 aromatic heterocycles. The van der Waals surface area contributed by atoms with Gasteiger partial charge in [0.2, 0.25) is 0 Å². The van der Waals surface area contributed by atoms with Gasteiger partial charge in [-0.05, 0) is 36.7 Å². The van der Waals surface area contributed by atoms with E-state index < -0.39 is 0 Å². The molecule has 2 rings (SSSR count). The molecule has 3 nitrogen and oxygen atoms in total. The fourth-order valence-electron chi connectivity index (χ4n) is 2.21. The van der Waals surface area contributed by atoms with Gasteiger partial charge in [-0.3, -0.25) is 4.98 Å². The molecule has 1 aromatic carbocycles. The van der Waals surface area contributed by atoms with Crippen molar-refractivity contribution >= 4 is 11.6 Å². The normalized spacial score (nSPS) is 12.2. The standard InChI is InChI=1S/C16H18ClFN2O/c1-3-19-14(13-8-7-12(17)10-20-13)9-11-5-4-6-15(21-2)16(11)18/h4-8,10,14,19H,3,9H2,1-2H3. The third kappa shape index (κ3) is 3.93. The lowest BCUT2D eigenvalue weighted by Crippen LogP contribution is -2.24. The Morgan fingerprint density at radius 2 is 2.14 bits per heavy atom. The molecule has 21 heavy (non-hydrogen) atoms. The van der Waals surface area contributed by atoms with E-state index in [1.807, 2.05) is 13.0 Å². The van der Waals surface area contributed by atoms with E-state index in [2.05, 4.69) is 10.3 Å². The molecular weight excluding hydrogens is 291 g/mol. The lowest BCUT2D eigenvalue weighted by molar-refractivity contribution is 0.382. The average molecular weight is 309 g/mol. The number of benzene rings is 1. The summed E-state index contributed by atoms with van der Waals surface area (Å²) in [5.41, 5.74) is 1.43. The Bertz CT molecular complexity index is 589. The molecule has 1 N–H and O–H groups in total. The summed E-state index contributed by atoms with van der Waals surface area (Å²) in [4.78, 5) is 4.32. The van der Waals surface area contributed by atoms with Crippen LogP contribution in [0.25, 0.3) is 0 Å². The van der Waals surface area contributed by atoms with Crippen LogP contribution in [0.3, 0.4) is 0 Å². The molecule has 2 aromatic rings. The van der Waals surface area contributed by atoms with Crippen LogP contribution < -0.4 is 10.1 Å². The predicted molar refractivity (Wildman–Crippen MR) is 82.3 cm³/mol. The average Bonchev–Trinajstić information content (AvgIpc) is 2.49. The van der Waals surface area contributed by atoms with Gasteiger partial charge in [0.15, 0.2) is 11.6 Å². The van der Waals surface area contributed by atoms with Crippen LogP contribution in [0.15, 0.2) is 36.5 Å². The fourth-order valence-corrected chi connectivity index (χ4v) is 2.32. The van der Waals surface area contributed by atoms with Crippen molar-refractivity contribution in [1.82, 2.24) is 10.3 Å². The molecule has 0 aliphatic rings. The van der Waals surface area contributed by atoms with Gasteiger partial charge in [0, 0.05) is 6.20 Å². The molecule has 1 unspecified atom stereocenters. The Balaban J connectivity index is 2.26. The highest BCUT2D eigenvalue weighted by Crippen LogP contribution is 2.25. The number of nitrogens with zero attached hydrogens (tertiary/aromatic N) is 1. The van der Waals surface area contributed by atoms with Crippen LogP contribution >= 0.6 is 11.6 Å². The van der Waals surface area contributed by atoms with Crippen molar-refractivity contribution in [3.63, 3.8) is 0 Å². The van der Waals surface area contributed by atoms with Gasteiger partial charge in [0.25, 0.3) is 0 Å². The summed E-state index contributed by atoms with van der Waals surface area (Å²) in [6.07, 6.45) is 2.09. The fraction of sp³-hybridized carbons (Fsp3) is 0.312. The van der Waals surface area contributed by atoms with Crippen LogP contribution in [-0.4, -0.2) is 18.6 Å². The zero-order chi connectivity index (χ0) is 15.2. The number of hydrogen-bond acceptors (Lipinski definition) is 3. The predicted octanol–water partition coefficient (Wildman–Crippen LogP) is 3.78. The minimum Gasteiger partial charge on any atom is -0.494 e. The Morgan fingerprint density at radius 3 is 2.76 bits per heavy atom. The van der Waals surface area contributed by atoms with Gasteiger partial charge in [-0.1, -0.05) is 30.7 Å². The molecule has 1 atom stereocenters. The second-order valence-electron chi connectivity index (χ2n) is 4.65.